The average molecular weight is 248 g/mol. The Balaban J connectivity index is 1.97. The van der Waals surface area contributed by atoms with E-state index >= 15 is 0 Å². The van der Waals surface area contributed by atoms with Crippen LogP contribution >= 0.6 is 0 Å². The number of carbonyl (C=O) groups is 1. The van der Waals surface area contributed by atoms with Gasteiger partial charge in [-0.3, -0.25) is 4.79 Å². The lowest BCUT2D eigenvalue weighted by atomic mass is 10.1. The van der Waals surface area contributed by atoms with Crippen molar-refractivity contribution in [1.82, 2.24) is 10.3 Å². The predicted octanol–water partition coefficient (Wildman–Crippen LogP) is 1.95. The number of nitrogens with one attached hydrogen (secondary N) is 1. The number of nitrogens with zero attached hydrogens (tertiary/aromatic N) is 1. The molecule has 2 aromatic rings. The summed E-state index contributed by atoms with van der Waals surface area (Å²) in [4.78, 5) is 14.9. The second-order valence-electron chi connectivity index (χ2n) is 4.41. The number of oxazole rings is 1. The quantitative estimate of drug-likeness (QED) is 0.845. The summed E-state index contributed by atoms with van der Waals surface area (Å²) in [6.07, 6.45) is 0. The fraction of sp³-hybridized carbons (Fsp3) is 0.385. The molecule has 1 aromatic carbocycles. The second kappa shape index (κ2) is 5.18. The first-order chi connectivity index (χ1) is 8.56. The van der Waals surface area contributed by atoms with Gasteiger partial charge in [0.25, 0.3) is 0 Å². The molecule has 0 bridgehead atoms. The number of rotatable bonds is 5. The van der Waals surface area contributed by atoms with E-state index in [1.807, 2.05) is 25.1 Å². The Kier molecular flexibility index (Phi) is 3.62. The molecule has 1 unspecified atom stereocenters. The first kappa shape index (κ1) is 12.6. The third kappa shape index (κ3) is 2.87. The van der Waals surface area contributed by atoms with Crippen LogP contribution in [0.5, 0.6) is 0 Å². The molecule has 1 atom stereocenters. The van der Waals surface area contributed by atoms with Crippen molar-refractivity contribution in [2.24, 2.45) is 5.92 Å². The van der Waals surface area contributed by atoms with Crippen molar-refractivity contribution >= 4 is 17.1 Å². The molecule has 1 heterocycles. The zero-order chi connectivity index (χ0) is 13.1. The van der Waals surface area contributed by atoms with Crippen LogP contribution in [0.15, 0.2) is 22.6 Å². The van der Waals surface area contributed by atoms with Crippen LogP contribution < -0.4 is 5.32 Å². The third-order valence-corrected chi connectivity index (χ3v) is 2.76. The average Bonchev–Trinajstić information content (AvgIpc) is 2.68. The van der Waals surface area contributed by atoms with E-state index in [-0.39, 0.29) is 5.92 Å². The lowest BCUT2D eigenvalue weighted by molar-refractivity contribution is -0.140. The van der Waals surface area contributed by atoms with Crippen LogP contribution in [0.3, 0.4) is 0 Å². The molecule has 0 saturated heterocycles. The van der Waals surface area contributed by atoms with Gasteiger partial charge >= 0.3 is 5.97 Å². The molecular formula is C13H16N2O3. The Morgan fingerprint density at radius 2 is 2.33 bits per heavy atom. The van der Waals surface area contributed by atoms with Crippen molar-refractivity contribution in [3.05, 3.63) is 29.7 Å². The second-order valence-corrected chi connectivity index (χ2v) is 4.41. The largest absolute Gasteiger partial charge is 0.481 e. The molecule has 0 aliphatic carbocycles. The molecule has 0 fully saturated rings. The molecule has 2 rings (SSSR count). The summed E-state index contributed by atoms with van der Waals surface area (Å²) >= 11 is 0. The number of benzene rings is 1. The number of carboxylic acids is 1. The number of hydrogen-bond donors (Lipinski definition) is 2. The Bertz CT molecular complexity index is 562. The van der Waals surface area contributed by atoms with E-state index < -0.39 is 5.97 Å². The Morgan fingerprint density at radius 3 is 3.06 bits per heavy atom. The van der Waals surface area contributed by atoms with Crippen LogP contribution in [0.4, 0.5) is 0 Å². The minimum absolute atomic E-state index is 0.388. The molecule has 0 aliphatic rings. The highest BCUT2D eigenvalue weighted by molar-refractivity contribution is 5.73. The topological polar surface area (TPSA) is 75.4 Å². The summed E-state index contributed by atoms with van der Waals surface area (Å²) in [6, 6.07) is 5.79. The number of aryl methyl sites for hydroxylation is 1. The van der Waals surface area contributed by atoms with E-state index in [4.69, 9.17) is 9.52 Å². The molecule has 0 amide bonds. The Hall–Kier alpha value is -1.88. The zero-order valence-corrected chi connectivity index (χ0v) is 10.4. The minimum Gasteiger partial charge on any atom is -0.481 e. The van der Waals surface area contributed by atoms with Gasteiger partial charge in [0.15, 0.2) is 11.5 Å². The fourth-order valence-electron chi connectivity index (χ4n) is 1.71. The molecule has 5 heteroatoms. The van der Waals surface area contributed by atoms with Gasteiger partial charge in [0, 0.05) is 20.0 Å². The van der Waals surface area contributed by atoms with Crippen LogP contribution in [-0.4, -0.2) is 22.6 Å². The summed E-state index contributed by atoms with van der Waals surface area (Å²) in [5, 5.41) is 11.9. The molecule has 0 saturated carbocycles. The Morgan fingerprint density at radius 1 is 1.56 bits per heavy atom. The highest BCUT2D eigenvalue weighted by Gasteiger charge is 2.09. The summed E-state index contributed by atoms with van der Waals surface area (Å²) in [5.41, 5.74) is 2.66. The normalized spacial score (nSPS) is 12.8. The van der Waals surface area contributed by atoms with Gasteiger partial charge in [-0.1, -0.05) is 13.0 Å². The van der Waals surface area contributed by atoms with Crippen LogP contribution in [0.1, 0.15) is 18.4 Å². The van der Waals surface area contributed by atoms with E-state index in [0.29, 0.717) is 19.0 Å². The number of aliphatic carboxylic acids is 1. The van der Waals surface area contributed by atoms with E-state index in [2.05, 4.69) is 10.3 Å². The molecule has 5 nitrogen and oxygen atoms in total. The third-order valence-electron chi connectivity index (χ3n) is 2.76. The SMILES string of the molecule is Cc1nc2ccc(CNCC(C)C(=O)O)cc2o1. The molecule has 96 valence electrons. The van der Waals surface area contributed by atoms with Gasteiger partial charge in [-0.2, -0.15) is 0 Å². The summed E-state index contributed by atoms with van der Waals surface area (Å²) in [5.74, 6) is -0.528. The number of aromatic nitrogens is 1. The lowest BCUT2D eigenvalue weighted by Crippen LogP contribution is -2.25. The molecule has 1 aromatic heterocycles. The zero-order valence-electron chi connectivity index (χ0n) is 10.4. The standard InChI is InChI=1S/C13H16N2O3/c1-8(13(16)17)6-14-7-10-3-4-11-12(5-10)18-9(2)15-11/h3-5,8,14H,6-7H2,1-2H3,(H,16,17). The van der Waals surface area contributed by atoms with E-state index in [1.165, 1.54) is 0 Å². The van der Waals surface area contributed by atoms with Crippen molar-refractivity contribution in [1.29, 1.82) is 0 Å². The van der Waals surface area contributed by atoms with Gasteiger partial charge in [-0.15, -0.1) is 0 Å². The summed E-state index contributed by atoms with van der Waals surface area (Å²) in [7, 11) is 0. The van der Waals surface area contributed by atoms with Crippen LogP contribution in [-0.2, 0) is 11.3 Å². The van der Waals surface area contributed by atoms with E-state index in [0.717, 1.165) is 16.7 Å². The maximum Gasteiger partial charge on any atom is 0.307 e. The van der Waals surface area contributed by atoms with Crippen LogP contribution in [0.2, 0.25) is 0 Å². The van der Waals surface area contributed by atoms with Crippen molar-refractivity contribution in [2.45, 2.75) is 20.4 Å². The van der Waals surface area contributed by atoms with Crippen molar-refractivity contribution < 1.29 is 14.3 Å². The first-order valence-corrected chi connectivity index (χ1v) is 5.86. The van der Waals surface area contributed by atoms with E-state index in [9.17, 15) is 4.79 Å². The highest BCUT2D eigenvalue weighted by Crippen LogP contribution is 2.16. The molecule has 0 aliphatic heterocycles. The van der Waals surface area contributed by atoms with Gasteiger partial charge in [-0.05, 0) is 17.7 Å². The summed E-state index contributed by atoms with van der Waals surface area (Å²) < 4.78 is 5.44. The number of carboxylic acid groups (broad SMARTS) is 1. The summed E-state index contributed by atoms with van der Waals surface area (Å²) in [6.45, 7) is 4.56. The van der Waals surface area contributed by atoms with Crippen molar-refractivity contribution in [3.8, 4) is 0 Å². The first-order valence-electron chi connectivity index (χ1n) is 5.86. The van der Waals surface area contributed by atoms with Gasteiger partial charge in [-0.25, -0.2) is 4.98 Å². The maximum absolute atomic E-state index is 10.7. The van der Waals surface area contributed by atoms with E-state index in [1.54, 1.807) is 6.92 Å². The monoisotopic (exact) mass is 248 g/mol. The van der Waals surface area contributed by atoms with Gasteiger partial charge < -0.3 is 14.8 Å². The highest BCUT2D eigenvalue weighted by atomic mass is 16.4. The van der Waals surface area contributed by atoms with Crippen molar-refractivity contribution in [2.75, 3.05) is 6.54 Å². The Labute approximate surface area is 105 Å². The molecular weight excluding hydrogens is 232 g/mol. The minimum atomic E-state index is -0.788. The fourth-order valence-corrected chi connectivity index (χ4v) is 1.71. The van der Waals surface area contributed by atoms with Gasteiger partial charge in [0.1, 0.15) is 5.52 Å². The number of hydrogen-bond acceptors (Lipinski definition) is 4. The lowest BCUT2D eigenvalue weighted by Gasteiger charge is -2.07. The van der Waals surface area contributed by atoms with Crippen molar-refractivity contribution in [3.63, 3.8) is 0 Å². The van der Waals surface area contributed by atoms with Crippen LogP contribution in [0, 0.1) is 12.8 Å². The molecule has 2 N–H and O–H groups in total. The molecule has 0 spiro atoms. The number of fused-ring (bicyclic) bond motifs is 1. The van der Waals surface area contributed by atoms with Gasteiger partial charge in [0.2, 0.25) is 0 Å². The van der Waals surface area contributed by atoms with Crippen LogP contribution in [0.25, 0.3) is 11.1 Å². The smallest absolute Gasteiger partial charge is 0.307 e. The molecule has 18 heavy (non-hydrogen) atoms. The maximum atomic E-state index is 10.7. The molecule has 0 radical (unpaired) electrons. The predicted molar refractivity (Wildman–Crippen MR) is 67.3 cm³/mol. The van der Waals surface area contributed by atoms with Gasteiger partial charge in [0.05, 0.1) is 5.92 Å².